The fourth-order valence-electron chi connectivity index (χ4n) is 4.67. The summed E-state index contributed by atoms with van der Waals surface area (Å²) in [5.41, 5.74) is 2.00. The van der Waals surface area contributed by atoms with Gasteiger partial charge in [0.2, 0.25) is 5.91 Å². The molecule has 2 heterocycles. The molecule has 0 aliphatic carbocycles. The number of para-hydroxylation sites is 1. The monoisotopic (exact) mass is 428 g/mol. The molecule has 2 aromatic rings. The van der Waals surface area contributed by atoms with Crippen LogP contribution in [0.2, 0.25) is 0 Å². The fourth-order valence-corrected chi connectivity index (χ4v) is 4.67. The lowest BCUT2D eigenvalue weighted by atomic mass is 9.82. The van der Waals surface area contributed by atoms with E-state index in [1.54, 1.807) is 6.07 Å². The van der Waals surface area contributed by atoms with Crippen LogP contribution in [-0.4, -0.2) is 38.1 Å². The van der Waals surface area contributed by atoms with Crippen molar-refractivity contribution in [2.75, 3.05) is 36.0 Å². The Labute approximate surface area is 179 Å². The standard InChI is InChI=1S/C23H23F3N4O/c1-2-28-22(31)18-12-16-11-17(23(24,25)26)7-8-20(16)30-10-9-29(14-21(18)30)19-6-4-3-5-15(19)13-27/h3-8,11,18,21H,2,9-10,12,14H2,1H3,(H,28,31)/t18-,21-/m1/s1. The van der Waals surface area contributed by atoms with Crippen LogP contribution in [0.25, 0.3) is 0 Å². The van der Waals surface area contributed by atoms with Crippen molar-refractivity contribution in [1.82, 2.24) is 5.32 Å². The maximum Gasteiger partial charge on any atom is 0.416 e. The van der Waals surface area contributed by atoms with Crippen molar-refractivity contribution in [1.29, 1.82) is 5.26 Å². The van der Waals surface area contributed by atoms with Crippen molar-refractivity contribution in [3.8, 4) is 6.07 Å². The molecule has 162 valence electrons. The number of piperazine rings is 1. The largest absolute Gasteiger partial charge is 0.416 e. The number of rotatable bonds is 3. The van der Waals surface area contributed by atoms with Crippen molar-refractivity contribution < 1.29 is 18.0 Å². The van der Waals surface area contributed by atoms with Gasteiger partial charge in [0.05, 0.1) is 28.8 Å². The number of benzene rings is 2. The van der Waals surface area contributed by atoms with Crippen molar-refractivity contribution in [3.05, 3.63) is 59.2 Å². The zero-order chi connectivity index (χ0) is 22.2. The average Bonchev–Trinajstić information content (AvgIpc) is 2.77. The predicted molar refractivity (Wildman–Crippen MR) is 112 cm³/mol. The Kier molecular flexibility index (Phi) is 5.52. The van der Waals surface area contributed by atoms with Crippen LogP contribution in [0.4, 0.5) is 24.5 Å². The van der Waals surface area contributed by atoms with E-state index in [0.29, 0.717) is 37.3 Å². The van der Waals surface area contributed by atoms with Gasteiger partial charge in [0.1, 0.15) is 6.07 Å². The van der Waals surface area contributed by atoms with Crippen LogP contribution in [0.5, 0.6) is 0 Å². The van der Waals surface area contributed by atoms with E-state index in [-0.39, 0.29) is 18.4 Å². The van der Waals surface area contributed by atoms with Crippen LogP contribution in [0.3, 0.4) is 0 Å². The summed E-state index contributed by atoms with van der Waals surface area (Å²) in [4.78, 5) is 17.0. The molecule has 1 N–H and O–H groups in total. The Morgan fingerprint density at radius 1 is 1.19 bits per heavy atom. The number of nitrogens with one attached hydrogen (secondary N) is 1. The van der Waals surface area contributed by atoms with Crippen molar-refractivity contribution in [2.45, 2.75) is 25.6 Å². The van der Waals surface area contributed by atoms with Gasteiger partial charge in [-0.05, 0) is 49.2 Å². The third-order valence-electron chi connectivity index (χ3n) is 6.09. The Morgan fingerprint density at radius 2 is 1.97 bits per heavy atom. The molecular weight excluding hydrogens is 405 g/mol. The number of carbonyl (C=O) groups excluding carboxylic acids is 1. The van der Waals surface area contributed by atoms with Gasteiger partial charge in [0, 0.05) is 31.9 Å². The molecule has 2 aliphatic rings. The van der Waals surface area contributed by atoms with Gasteiger partial charge in [-0.1, -0.05) is 12.1 Å². The first-order valence-corrected chi connectivity index (χ1v) is 10.3. The molecule has 2 atom stereocenters. The second-order valence-corrected chi connectivity index (χ2v) is 7.88. The second kappa shape index (κ2) is 8.14. The Hall–Kier alpha value is -3.21. The van der Waals surface area contributed by atoms with E-state index in [9.17, 15) is 23.2 Å². The molecule has 0 aromatic heterocycles. The Morgan fingerprint density at radius 3 is 2.68 bits per heavy atom. The molecule has 5 nitrogen and oxygen atoms in total. The molecular formula is C23H23F3N4O. The van der Waals surface area contributed by atoms with E-state index in [1.165, 1.54) is 12.1 Å². The topological polar surface area (TPSA) is 59.4 Å². The molecule has 0 unspecified atom stereocenters. The molecule has 2 aliphatic heterocycles. The minimum absolute atomic E-state index is 0.156. The average molecular weight is 428 g/mol. The number of amides is 1. The highest BCUT2D eigenvalue weighted by molar-refractivity contribution is 5.82. The quantitative estimate of drug-likeness (QED) is 0.812. The Bertz CT molecular complexity index is 1030. The van der Waals surface area contributed by atoms with Gasteiger partial charge in [-0.2, -0.15) is 18.4 Å². The Balaban J connectivity index is 1.71. The molecule has 4 rings (SSSR count). The predicted octanol–water partition coefficient (Wildman–Crippen LogP) is 3.58. The molecule has 0 radical (unpaired) electrons. The number of nitrogens with zero attached hydrogens (tertiary/aromatic N) is 3. The van der Waals surface area contributed by atoms with E-state index in [1.807, 2.05) is 25.1 Å². The summed E-state index contributed by atoms with van der Waals surface area (Å²) in [6.45, 7) is 3.96. The molecule has 0 spiro atoms. The summed E-state index contributed by atoms with van der Waals surface area (Å²) in [7, 11) is 0. The van der Waals surface area contributed by atoms with Crippen molar-refractivity contribution >= 4 is 17.3 Å². The van der Waals surface area contributed by atoms with Gasteiger partial charge in [-0.15, -0.1) is 0 Å². The van der Waals surface area contributed by atoms with Crippen molar-refractivity contribution in [2.24, 2.45) is 5.92 Å². The number of fused-ring (bicyclic) bond motifs is 3. The van der Waals surface area contributed by atoms with E-state index in [4.69, 9.17) is 0 Å². The third-order valence-corrected chi connectivity index (χ3v) is 6.09. The lowest BCUT2D eigenvalue weighted by molar-refractivity contribution is -0.137. The molecule has 31 heavy (non-hydrogen) atoms. The number of carbonyl (C=O) groups is 1. The number of hydrogen-bond acceptors (Lipinski definition) is 4. The van der Waals surface area contributed by atoms with Gasteiger partial charge in [0.25, 0.3) is 0 Å². The fraction of sp³-hybridized carbons (Fsp3) is 0.391. The van der Waals surface area contributed by atoms with Gasteiger partial charge in [-0.3, -0.25) is 4.79 Å². The molecule has 0 saturated carbocycles. The zero-order valence-corrected chi connectivity index (χ0v) is 17.1. The summed E-state index contributed by atoms with van der Waals surface area (Å²) in [6.07, 6.45) is -4.17. The molecule has 1 saturated heterocycles. The minimum Gasteiger partial charge on any atom is -0.367 e. The number of nitriles is 1. The van der Waals surface area contributed by atoms with Crippen LogP contribution >= 0.6 is 0 Å². The summed E-state index contributed by atoms with van der Waals surface area (Å²) >= 11 is 0. The number of anilines is 2. The zero-order valence-electron chi connectivity index (χ0n) is 17.1. The van der Waals surface area contributed by atoms with Crippen LogP contribution in [0, 0.1) is 17.2 Å². The van der Waals surface area contributed by atoms with Gasteiger partial charge < -0.3 is 15.1 Å². The highest BCUT2D eigenvalue weighted by Gasteiger charge is 2.42. The smallest absolute Gasteiger partial charge is 0.367 e. The van der Waals surface area contributed by atoms with E-state index < -0.39 is 17.7 Å². The van der Waals surface area contributed by atoms with E-state index in [2.05, 4.69) is 21.2 Å². The van der Waals surface area contributed by atoms with Crippen LogP contribution in [0.15, 0.2) is 42.5 Å². The molecule has 0 bridgehead atoms. The first kappa shape index (κ1) is 21.0. The number of halogens is 3. The van der Waals surface area contributed by atoms with Gasteiger partial charge >= 0.3 is 6.18 Å². The summed E-state index contributed by atoms with van der Waals surface area (Å²) in [6, 6.07) is 13.2. The number of alkyl halides is 3. The highest BCUT2D eigenvalue weighted by Crippen LogP contribution is 2.40. The lowest BCUT2D eigenvalue weighted by Crippen LogP contribution is -2.61. The minimum atomic E-state index is -4.42. The first-order chi connectivity index (χ1) is 14.8. The van der Waals surface area contributed by atoms with E-state index >= 15 is 0 Å². The van der Waals surface area contributed by atoms with Crippen LogP contribution in [-0.2, 0) is 17.4 Å². The van der Waals surface area contributed by atoms with Crippen molar-refractivity contribution in [3.63, 3.8) is 0 Å². The lowest BCUT2D eigenvalue weighted by Gasteiger charge is -2.49. The van der Waals surface area contributed by atoms with Gasteiger partial charge in [-0.25, -0.2) is 0 Å². The first-order valence-electron chi connectivity index (χ1n) is 10.3. The molecule has 1 fully saturated rings. The summed E-state index contributed by atoms with van der Waals surface area (Å²) in [5.74, 6) is -0.635. The van der Waals surface area contributed by atoms with Crippen LogP contribution < -0.4 is 15.1 Å². The molecule has 1 amide bonds. The SMILES string of the molecule is CCNC(=O)[C@@H]1Cc2cc(C(F)(F)F)ccc2N2CCN(c3ccccc3C#N)C[C@H]12. The van der Waals surface area contributed by atoms with E-state index in [0.717, 1.165) is 17.4 Å². The normalized spacial score (nSPS) is 20.5. The summed E-state index contributed by atoms with van der Waals surface area (Å²) < 4.78 is 39.8. The van der Waals surface area contributed by atoms with Gasteiger partial charge in [0.15, 0.2) is 0 Å². The maximum atomic E-state index is 13.3. The summed E-state index contributed by atoms with van der Waals surface area (Å²) in [5, 5.41) is 12.3. The molecule has 2 aromatic carbocycles. The molecule has 8 heteroatoms. The number of hydrogen-bond donors (Lipinski definition) is 1. The maximum absolute atomic E-state index is 13.3. The third kappa shape index (κ3) is 3.92. The second-order valence-electron chi connectivity index (χ2n) is 7.88. The van der Waals surface area contributed by atoms with Crippen LogP contribution in [0.1, 0.15) is 23.6 Å². The highest BCUT2D eigenvalue weighted by atomic mass is 19.4.